The third-order valence-electron chi connectivity index (χ3n) is 4.87. The monoisotopic (exact) mass is 480 g/mol. The largest absolute Gasteiger partial charge is 0.497 e. The Kier molecular flexibility index (Phi) is 6.44. The van der Waals surface area contributed by atoms with E-state index in [1.807, 2.05) is 0 Å². The molecule has 10 nitrogen and oxygen atoms in total. The number of fused-ring (bicyclic) bond motifs is 1. The van der Waals surface area contributed by atoms with E-state index in [0.717, 1.165) is 9.47 Å². The summed E-state index contributed by atoms with van der Waals surface area (Å²) in [6, 6.07) is 16.2. The van der Waals surface area contributed by atoms with Crippen LogP contribution in [0.4, 0.5) is 10.5 Å². The van der Waals surface area contributed by atoms with Gasteiger partial charge in [0.1, 0.15) is 22.2 Å². The van der Waals surface area contributed by atoms with Gasteiger partial charge in [0.15, 0.2) is 13.5 Å². The number of pyridine rings is 1. The van der Waals surface area contributed by atoms with E-state index in [9.17, 15) is 20.1 Å². The van der Waals surface area contributed by atoms with Crippen LogP contribution in [-0.4, -0.2) is 57.0 Å². The number of hydrogen-bond donors (Lipinski definition) is 3. The molecule has 4 aromatic rings. The Morgan fingerprint density at radius 3 is 2.38 bits per heavy atom. The minimum Gasteiger partial charge on any atom is -0.497 e. The highest BCUT2D eigenvalue weighted by atomic mass is 35.5. The van der Waals surface area contributed by atoms with Crippen molar-refractivity contribution < 1.29 is 29.6 Å². The normalized spacial score (nSPS) is 11.4. The molecule has 0 spiro atoms. The van der Waals surface area contributed by atoms with Gasteiger partial charge in [0, 0.05) is 6.07 Å². The van der Waals surface area contributed by atoms with Crippen LogP contribution in [0.3, 0.4) is 0 Å². The van der Waals surface area contributed by atoms with Gasteiger partial charge in [-0.05, 0) is 29.8 Å². The van der Waals surface area contributed by atoms with Crippen molar-refractivity contribution in [2.75, 3.05) is 12.0 Å². The predicted octanol–water partition coefficient (Wildman–Crippen LogP) is 1.53. The number of nitrogens with zero attached hydrogens (tertiary/aromatic N) is 4. The Labute approximate surface area is 200 Å². The number of hydrogen-bond acceptors (Lipinski definition) is 9. The molecule has 172 valence electrons. The molecule has 0 saturated heterocycles. The molecule has 3 N–H and O–H groups in total. The number of aliphatic hydroxyl groups is 3. The quantitative estimate of drug-likeness (QED) is 0.214. The first-order valence-electron chi connectivity index (χ1n) is 9.86. The van der Waals surface area contributed by atoms with E-state index < -0.39 is 12.2 Å². The van der Waals surface area contributed by atoms with Crippen LogP contribution >= 0.6 is 11.6 Å². The number of halogens is 1. The van der Waals surface area contributed by atoms with Gasteiger partial charge in [-0.25, -0.2) is 19.3 Å². The van der Waals surface area contributed by atoms with Crippen LogP contribution in [-0.2, 0) is 6.54 Å². The lowest BCUT2D eigenvalue weighted by Crippen LogP contribution is -2.48. The van der Waals surface area contributed by atoms with E-state index in [-0.39, 0.29) is 40.0 Å². The highest BCUT2D eigenvalue weighted by molar-refractivity contribution is 6.33. The Morgan fingerprint density at radius 2 is 1.76 bits per heavy atom. The Bertz CT molecular complexity index is 1330. The molecule has 0 aliphatic rings. The number of carbonyl (C=O) groups is 1. The average molecular weight is 481 g/mol. The van der Waals surface area contributed by atoms with E-state index in [1.165, 1.54) is 13.2 Å². The molecule has 34 heavy (non-hydrogen) atoms. The van der Waals surface area contributed by atoms with Crippen LogP contribution in [0.25, 0.3) is 11.2 Å². The first kappa shape index (κ1) is 23.5. The zero-order chi connectivity index (χ0) is 24.5. The summed E-state index contributed by atoms with van der Waals surface area (Å²) in [7, 11) is 7.48. The fourth-order valence-electron chi connectivity index (χ4n) is 3.31. The molecule has 0 bridgehead atoms. The topological polar surface area (TPSA) is 130 Å². The number of ether oxygens (including phenoxy) is 2. The standard InChI is InChI=1S/C22H18BClN4O6/c1-33-14-9-7-13(8-10-14)12-27(22(30,31)32)16-11-17(24)25-19-18(16)26-20(23)28(19)21(29)34-15-5-3-2-4-6-15/h2-11,30-32H,12H2,1H3. The first-order valence-corrected chi connectivity index (χ1v) is 10.2. The molecule has 0 aliphatic carbocycles. The molecule has 2 aromatic heterocycles. The maximum Gasteiger partial charge on any atom is 0.425 e. The molecule has 0 aliphatic heterocycles. The molecule has 2 heterocycles. The number of methoxy groups -OCH3 is 1. The van der Waals surface area contributed by atoms with Crippen LogP contribution in [0.2, 0.25) is 5.15 Å². The van der Waals surface area contributed by atoms with Crippen molar-refractivity contribution in [1.29, 1.82) is 0 Å². The van der Waals surface area contributed by atoms with E-state index >= 15 is 0 Å². The van der Waals surface area contributed by atoms with Gasteiger partial charge in [0.2, 0.25) is 0 Å². The Morgan fingerprint density at radius 1 is 1.09 bits per heavy atom. The molecular formula is C22H18BClN4O6. The molecule has 2 aromatic carbocycles. The zero-order valence-electron chi connectivity index (χ0n) is 17.8. The third-order valence-corrected chi connectivity index (χ3v) is 5.07. The second kappa shape index (κ2) is 9.31. The number of imidazole rings is 1. The maximum atomic E-state index is 12.8. The van der Waals surface area contributed by atoms with E-state index in [1.54, 1.807) is 54.6 Å². The van der Waals surface area contributed by atoms with Crippen molar-refractivity contribution in [3.8, 4) is 11.5 Å². The van der Waals surface area contributed by atoms with Crippen molar-refractivity contribution in [2.24, 2.45) is 0 Å². The van der Waals surface area contributed by atoms with Gasteiger partial charge in [-0.1, -0.05) is 41.9 Å². The summed E-state index contributed by atoms with van der Waals surface area (Å²) in [6.45, 7) is -0.190. The fourth-order valence-corrected chi connectivity index (χ4v) is 3.49. The lowest BCUT2D eigenvalue weighted by atomic mass is 10.1. The minimum atomic E-state index is -3.32. The number of aromatic nitrogens is 3. The number of carbonyl (C=O) groups excluding carboxylic acids is 1. The second-order valence-electron chi connectivity index (χ2n) is 7.16. The SMILES string of the molecule is [B]c1nc2c(N(Cc3ccc(OC)cc3)C(O)(O)O)cc(Cl)nc2n1C(=O)Oc1ccccc1. The van der Waals surface area contributed by atoms with E-state index in [2.05, 4.69) is 9.97 Å². The van der Waals surface area contributed by atoms with Crippen molar-refractivity contribution in [3.05, 3.63) is 71.4 Å². The molecule has 0 atom stereocenters. The van der Waals surface area contributed by atoms with Crippen molar-refractivity contribution in [1.82, 2.24) is 14.5 Å². The Hall–Kier alpha value is -3.64. The maximum absolute atomic E-state index is 12.8. The minimum absolute atomic E-state index is 0.0260. The highest BCUT2D eigenvalue weighted by Crippen LogP contribution is 2.31. The van der Waals surface area contributed by atoms with Gasteiger partial charge in [-0.15, -0.1) is 0 Å². The molecule has 2 radical (unpaired) electrons. The number of benzene rings is 2. The van der Waals surface area contributed by atoms with E-state index in [4.69, 9.17) is 28.9 Å². The highest BCUT2D eigenvalue weighted by Gasteiger charge is 2.33. The summed E-state index contributed by atoms with van der Waals surface area (Å²) in [5.41, 5.74) is 0.123. The first-order chi connectivity index (χ1) is 16.2. The fraction of sp³-hybridized carbons (Fsp3) is 0.136. The van der Waals surface area contributed by atoms with Crippen LogP contribution in [0.15, 0.2) is 60.7 Å². The van der Waals surface area contributed by atoms with Gasteiger partial charge in [0.05, 0.1) is 25.1 Å². The molecule has 0 fully saturated rings. The molecule has 0 unspecified atom stereocenters. The molecule has 12 heteroatoms. The van der Waals surface area contributed by atoms with Gasteiger partial charge >= 0.3 is 12.2 Å². The average Bonchev–Trinajstić information content (AvgIpc) is 3.13. The molecule has 0 saturated carbocycles. The molecule has 0 amide bonds. The van der Waals surface area contributed by atoms with Crippen molar-refractivity contribution >= 4 is 48.1 Å². The van der Waals surface area contributed by atoms with Crippen molar-refractivity contribution in [2.45, 2.75) is 12.6 Å². The van der Waals surface area contributed by atoms with Crippen LogP contribution in [0.1, 0.15) is 5.56 Å². The summed E-state index contributed by atoms with van der Waals surface area (Å²) < 4.78 is 11.3. The predicted molar refractivity (Wildman–Crippen MR) is 124 cm³/mol. The van der Waals surface area contributed by atoms with Gasteiger partial charge < -0.3 is 24.8 Å². The third kappa shape index (κ3) is 4.82. The lowest BCUT2D eigenvalue weighted by molar-refractivity contribution is -0.310. The summed E-state index contributed by atoms with van der Waals surface area (Å²) in [5.74, 6) is 0.855. The molecule has 4 rings (SSSR count). The van der Waals surface area contributed by atoms with E-state index in [0.29, 0.717) is 11.3 Å². The van der Waals surface area contributed by atoms with Crippen LogP contribution < -0.4 is 20.1 Å². The van der Waals surface area contributed by atoms with Gasteiger partial charge in [0.25, 0.3) is 0 Å². The summed E-state index contributed by atoms with van der Waals surface area (Å²) in [4.78, 5) is 21.9. The van der Waals surface area contributed by atoms with Gasteiger partial charge in [-0.3, -0.25) is 4.90 Å². The second-order valence-corrected chi connectivity index (χ2v) is 7.54. The number of anilines is 1. The lowest BCUT2D eigenvalue weighted by Gasteiger charge is -2.32. The summed E-state index contributed by atoms with van der Waals surface area (Å²) in [5, 5.41) is 30.2. The van der Waals surface area contributed by atoms with Crippen molar-refractivity contribution in [3.63, 3.8) is 0 Å². The number of rotatable bonds is 6. The smallest absolute Gasteiger partial charge is 0.425 e. The van der Waals surface area contributed by atoms with Crippen LogP contribution in [0.5, 0.6) is 11.5 Å². The summed E-state index contributed by atoms with van der Waals surface area (Å²) in [6.07, 6.45) is -4.22. The van der Waals surface area contributed by atoms with Gasteiger partial charge in [-0.2, -0.15) is 0 Å². The molecular weight excluding hydrogens is 463 g/mol. The zero-order valence-corrected chi connectivity index (χ0v) is 18.5. The number of para-hydroxylation sites is 1. The summed E-state index contributed by atoms with van der Waals surface area (Å²) >= 11 is 6.17. The van der Waals surface area contributed by atoms with Crippen LogP contribution in [0, 0.1) is 0 Å². The Balaban J connectivity index is 1.79.